The van der Waals surface area contributed by atoms with Gasteiger partial charge in [0.25, 0.3) is 0 Å². The normalized spacial score (nSPS) is 13.4. The first-order chi connectivity index (χ1) is 9.40. The van der Waals surface area contributed by atoms with Gasteiger partial charge in [0, 0.05) is 11.1 Å². The molecule has 0 saturated heterocycles. The van der Waals surface area contributed by atoms with Crippen LogP contribution >= 0.6 is 0 Å². The van der Waals surface area contributed by atoms with Crippen molar-refractivity contribution < 1.29 is 5.11 Å². The SMILES string of the molecule is OCCN=C1c2ccccc2CCc2ccccc21. The van der Waals surface area contributed by atoms with Crippen LogP contribution in [0.3, 0.4) is 0 Å². The van der Waals surface area contributed by atoms with Crippen LogP contribution in [0.15, 0.2) is 53.5 Å². The number of fused-ring (bicyclic) bond motifs is 2. The smallest absolute Gasteiger partial charge is 0.0725 e. The highest BCUT2D eigenvalue weighted by atomic mass is 16.3. The van der Waals surface area contributed by atoms with E-state index in [1.54, 1.807) is 0 Å². The summed E-state index contributed by atoms with van der Waals surface area (Å²) in [7, 11) is 0. The van der Waals surface area contributed by atoms with Gasteiger partial charge in [0.05, 0.1) is 18.9 Å². The second kappa shape index (κ2) is 5.37. The summed E-state index contributed by atoms with van der Waals surface area (Å²) in [6, 6.07) is 16.9. The van der Waals surface area contributed by atoms with Crippen LogP contribution in [0.2, 0.25) is 0 Å². The molecule has 0 radical (unpaired) electrons. The molecule has 0 bridgehead atoms. The molecule has 2 nitrogen and oxygen atoms in total. The molecule has 1 aliphatic carbocycles. The standard InChI is InChI=1S/C17H17NO/c19-12-11-18-17-15-7-3-1-5-13(15)9-10-14-6-2-4-8-16(14)17/h1-8,19H,9-12H2. The van der Waals surface area contributed by atoms with Gasteiger partial charge in [-0.05, 0) is 24.0 Å². The van der Waals surface area contributed by atoms with Gasteiger partial charge in [-0.25, -0.2) is 0 Å². The zero-order valence-electron chi connectivity index (χ0n) is 10.8. The van der Waals surface area contributed by atoms with Gasteiger partial charge in [-0.15, -0.1) is 0 Å². The van der Waals surface area contributed by atoms with Gasteiger partial charge in [-0.3, -0.25) is 4.99 Å². The Hall–Kier alpha value is -1.93. The molecule has 19 heavy (non-hydrogen) atoms. The maximum atomic E-state index is 9.06. The average molecular weight is 251 g/mol. The van der Waals surface area contributed by atoms with E-state index in [0.717, 1.165) is 18.6 Å². The van der Waals surface area contributed by atoms with Crippen molar-refractivity contribution in [3.05, 3.63) is 70.8 Å². The molecule has 0 amide bonds. The van der Waals surface area contributed by atoms with Crippen LogP contribution in [0.5, 0.6) is 0 Å². The Bertz CT molecular complexity index is 567. The summed E-state index contributed by atoms with van der Waals surface area (Å²) in [5.74, 6) is 0. The van der Waals surface area contributed by atoms with Crippen molar-refractivity contribution in [2.75, 3.05) is 13.2 Å². The maximum absolute atomic E-state index is 9.06. The minimum absolute atomic E-state index is 0.0911. The van der Waals surface area contributed by atoms with Crippen molar-refractivity contribution in [2.24, 2.45) is 4.99 Å². The van der Waals surface area contributed by atoms with Gasteiger partial charge in [0.1, 0.15) is 0 Å². The van der Waals surface area contributed by atoms with E-state index >= 15 is 0 Å². The number of benzene rings is 2. The molecule has 2 aromatic carbocycles. The summed E-state index contributed by atoms with van der Waals surface area (Å²) in [6.45, 7) is 0.547. The van der Waals surface area contributed by atoms with Gasteiger partial charge < -0.3 is 5.11 Å². The van der Waals surface area contributed by atoms with E-state index in [-0.39, 0.29) is 6.61 Å². The lowest BCUT2D eigenvalue weighted by molar-refractivity contribution is 0.307. The molecule has 0 aromatic heterocycles. The van der Waals surface area contributed by atoms with Crippen molar-refractivity contribution in [2.45, 2.75) is 12.8 Å². The van der Waals surface area contributed by atoms with Gasteiger partial charge in [-0.1, -0.05) is 48.5 Å². The van der Waals surface area contributed by atoms with Crippen molar-refractivity contribution in [3.8, 4) is 0 Å². The number of hydrogen-bond donors (Lipinski definition) is 1. The van der Waals surface area contributed by atoms with Crippen molar-refractivity contribution in [1.29, 1.82) is 0 Å². The highest BCUT2D eigenvalue weighted by molar-refractivity contribution is 6.15. The molecule has 0 atom stereocenters. The number of aliphatic hydroxyl groups is 1. The first-order valence-electron chi connectivity index (χ1n) is 6.72. The monoisotopic (exact) mass is 251 g/mol. The highest BCUT2D eigenvalue weighted by Crippen LogP contribution is 2.24. The van der Waals surface area contributed by atoms with Crippen molar-refractivity contribution in [1.82, 2.24) is 0 Å². The number of hydrogen-bond acceptors (Lipinski definition) is 2. The molecule has 0 unspecified atom stereocenters. The molecule has 1 N–H and O–H groups in total. The summed E-state index contributed by atoms with van der Waals surface area (Å²) in [5, 5.41) is 9.06. The lowest BCUT2D eigenvalue weighted by atomic mass is 9.98. The Morgan fingerprint density at radius 1 is 0.842 bits per heavy atom. The highest BCUT2D eigenvalue weighted by Gasteiger charge is 2.18. The molecule has 0 aliphatic heterocycles. The van der Waals surface area contributed by atoms with Crippen LogP contribution in [-0.4, -0.2) is 24.0 Å². The first kappa shape index (κ1) is 12.1. The molecule has 2 aromatic rings. The minimum atomic E-state index is 0.0911. The molecular formula is C17H17NO. The lowest BCUT2D eigenvalue weighted by Gasteiger charge is -2.10. The third-order valence-electron chi connectivity index (χ3n) is 3.58. The number of rotatable bonds is 2. The average Bonchev–Trinajstić information content (AvgIpc) is 2.62. The molecule has 0 heterocycles. The Labute approximate surface area is 113 Å². The van der Waals surface area contributed by atoms with Crippen LogP contribution in [0, 0.1) is 0 Å². The number of aliphatic imine (C=N–C) groups is 1. The molecule has 3 rings (SSSR count). The molecule has 96 valence electrons. The van der Waals surface area contributed by atoms with Crippen molar-refractivity contribution >= 4 is 5.71 Å². The zero-order valence-corrected chi connectivity index (χ0v) is 10.8. The van der Waals surface area contributed by atoms with Crippen LogP contribution < -0.4 is 0 Å². The fraction of sp³-hybridized carbons (Fsp3) is 0.235. The van der Waals surface area contributed by atoms with Gasteiger partial charge >= 0.3 is 0 Å². The maximum Gasteiger partial charge on any atom is 0.0725 e. The predicted molar refractivity (Wildman–Crippen MR) is 77.9 cm³/mol. The molecule has 0 fully saturated rings. The molecule has 1 aliphatic rings. The lowest BCUT2D eigenvalue weighted by Crippen LogP contribution is -2.08. The molecule has 2 heteroatoms. The summed E-state index contributed by atoms with van der Waals surface area (Å²) >= 11 is 0. The van der Waals surface area contributed by atoms with E-state index in [2.05, 4.69) is 53.5 Å². The zero-order chi connectivity index (χ0) is 13.1. The fourth-order valence-electron chi connectivity index (χ4n) is 2.69. The van der Waals surface area contributed by atoms with E-state index in [9.17, 15) is 0 Å². The Morgan fingerprint density at radius 3 is 1.89 bits per heavy atom. The summed E-state index contributed by atoms with van der Waals surface area (Å²) in [5.41, 5.74) is 6.13. The third kappa shape index (κ3) is 2.32. The largest absolute Gasteiger partial charge is 0.394 e. The van der Waals surface area contributed by atoms with E-state index in [1.165, 1.54) is 22.3 Å². The topological polar surface area (TPSA) is 32.6 Å². The summed E-state index contributed by atoms with van der Waals surface area (Å²) < 4.78 is 0. The Morgan fingerprint density at radius 2 is 1.37 bits per heavy atom. The predicted octanol–water partition coefficient (Wildman–Crippen LogP) is 2.61. The third-order valence-corrected chi connectivity index (χ3v) is 3.58. The van der Waals surface area contributed by atoms with E-state index in [4.69, 9.17) is 5.11 Å². The second-order valence-electron chi connectivity index (χ2n) is 4.77. The van der Waals surface area contributed by atoms with Crippen LogP contribution in [0.1, 0.15) is 22.3 Å². The van der Waals surface area contributed by atoms with Gasteiger partial charge in [0.15, 0.2) is 0 Å². The second-order valence-corrected chi connectivity index (χ2v) is 4.77. The van der Waals surface area contributed by atoms with E-state index in [1.807, 2.05) is 0 Å². The van der Waals surface area contributed by atoms with Gasteiger partial charge in [0.2, 0.25) is 0 Å². The molecular weight excluding hydrogens is 234 g/mol. The number of aryl methyl sites for hydroxylation is 2. The molecule has 0 spiro atoms. The van der Waals surface area contributed by atoms with Crippen molar-refractivity contribution in [3.63, 3.8) is 0 Å². The van der Waals surface area contributed by atoms with E-state index < -0.39 is 0 Å². The van der Waals surface area contributed by atoms with Gasteiger partial charge in [-0.2, -0.15) is 0 Å². The van der Waals surface area contributed by atoms with Crippen LogP contribution in [0.4, 0.5) is 0 Å². The van der Waals surface area contributed by atoms with E-state index in [0.29, 0.717) is 6.54 Å². The summed E-state index contributed by atoms with van der Waals surface area (Å²) in [4.78, 5) is 4.61. The Balaban J connectivity index is 2.19. The number of aliphatic hydroxyl groups excluding tert-OH is 1. The Kier molecular flexibility index (Phi) is 3.43. The van der Waals surface area contributed by atoms with Crippen LogP contribution in [0.25, 0.3) is 0 Å². The fourth-order valence-corrected chi connectivity index (χ4v) is 2.69. The molecule has 0 saturated carbocycles. The number of nitrogens with zero attached hydrogens (tertiary/aromatic N) is 1. The summed E-state index contributed by atoms with van der Waals surface area (Å²) in [6.07, 6.45) is 2.09. The van der Waals surface area contributed by atoms with Crippen LogP contribution in [-0.2, 0) is 12.8 Å². The first-order valence-corrected chi connectivity index (χ1v) is 6.72. The quantitative estimate of drug-likeness (QED) is 0.874. The minimum Gasteiger partial charge on any atom is -0.394 e.